The van der Waals surface area contributed by atoms with Crippen LogP contribution in [0.25, 0.3) is 0 Å². The second kappa shape index (κ2) is 4.60. The molecule has 1 amide bonds. The number of carbonyl (C=O) groups excluding carboxylic acids is 1. The van der Waals surface area contributed by atoms with Crippen LogP contribution in [0.5, 0.6) is 0 Å². The van der Waals surface area contributed by atoms with E-state index in [-0.39, 0.29) is 11.9 Å². The van der Waals surface area contributed by atoms with Crippen LogP contribution in [0.2, 0.25) is 0 Å². The Kier molecular flexibility index (Phi) is 3.17. The maximum absolute atomic E-state index is 12.8. The lowest BCUT2D eigenvalue weighted by Gasteiger charge is -2.04. The second-order valence-corrected chi connectivity index (χ2v) is 4.23. The van der Waals surface area contributed by atoms with Crippen molar-refractivity contribution in [2.24, 2.45) is 5.92 Å². The molecule has 1 N–H and O–H groups in total. The van der Waals surface area contributed by atoms with E-state index in [2.05, 4.69) is 17.2 Å². The molecule has 1 aliphatic carbocycles. The number of hydrogen-bond donors (Lipinski definition) is 1. The molecule has 0 spiro atoms. The lowest BCUT2D eigenvalue weighted by Crippen LogP contribution is -2.26. The summed E-state index contributed by atoms with van der Waals surface area (Å²) in [6.07, 6.45) is 4.64. The molecule has 1 aromatic rings. The van der Waals surface area contributed by atoms with Gasteiger partial charge in [0, 0.05) is 23.9 Å². The first kappa shape index (κ1) is 11.0. The summed E-state index contributed by atoms with van der Waals surface area (Å²) < 4.78 is 12.8. The largest absolute Gasteiger partial charge is 0.349 e. The number of rotatable bonds is 4. The van der Waals surface area contributed by atoms with Crippen molar-refractivity contribution in [3.63, 3.8) is 0 Å². The first-order valence-corrected chi connectivity index (χ1v) is 5.63. The quantitative estimate of drug-likeness (QED) is 0.793. The zero-order valence-corrected chi connectivity index (χ0v) is 9.24. The number of amides is 1. The molecule has 2 rings (SSSR count). The van der Waals surface area contributed by atoms with Crippen molar-refractivity contribution in [1.82, 2.24) is 10.3 Å². The van der Waals surface area contributed by atoms with Gasteiger partial charge >= 0.3 is 0 Å². The Morgan fingerprint density at radius 1 is 1.69 bits per heavy atom. The molecular weight excluding hydrogens is 207 g/mol. The Morgan fingerprint density at radius 2 is 2.50 bits per heavy atom. The van der Waals surface area contributed by atoms with Crippen molar-refractivity contribution in [2.75, 3.05) is 0 Å². The minimum Gasteiger partial charge on any atom is -0.349 e. The summed E-state index contributed by atoms with van der Waals surface area (Å²) in [4.78, 5) is 15.1. The fourth-order valence-electron chi connectivity index (χ4n) is 1.91. The summed E-state index contributed by atoms with van der Waals surface area (Å²) in [6, 6.07) is 2.96. The topological polar surface area (TPSA) is 42.0 Å². The number of halogens is 1. The van der Waals surface area contributed by atoms with Crippen molar-refractivity contribution in [2.45, 2.75) is 32.2 Å². The van der Waals surface area contributed by atoms with Crippen LogP contribution in [0, 0.1) is 11.9 Å². The van der Waals surface area contributed by atoms with Crippen molar-refractivity contribution in [1.29, 1.82) is 0 Å². The predicted molar refractivity (Wildman–Crippen MR) is 58.5 cm³/mol. The highest BCUT2D eigenvalue weighted by atomic mass is 19.1. The smallest absolute Gasteiger partial charge is 0.251 e. The molecular formula is C12H15FN2O. The van der Waals surface area contributed by atoms with Gasteiger partial charge in [0.25, 0.3) is 5.91 Å². The molecule has 2 atom stereocenters. The third kappa shape index (κ3) is 2.56. The fourth-order valence-corrected chi connectivity index (χ4v) is 1.91. The molecule has 0 saturated heterocycles. The van der Waals surface area contributed by atoms with E-state index in [4.69, 9.17) is 0 Å². The standard InChI is InChI=1S/C12H15FN2O/c1-2-3-8-6-10(8)15-12(16)9-4-5-14-11(13)7-9/h4-5,7-8,10H,2-3,6H2,1H3,(H,15,16). The first-order valence-electron chi connectivity index (χ1n) is 5.63. The fraction of sp³-hybridized carbons (Fsp3) is 0.500. The Morgan fingerprint density at radius 3 is 3.19 bits per heavy atom. The molecule has 0 radical (unpaired) electrons. The van der Waals surface area contributed by atoms with E-state index in [1.165, 1.54) is 12.3 Å². The Labute approximate surface area is 94.1 Å². The van der Waals surface area contributed by atoms with Crippen molar-refractivity contribution in [3.05, 3.63) is 29.8 Å². The minimum absolute atomic E-state index is 0.204. The van der Waals surface area contributed by atoms with Gasteiger partial charge in [-0.1, -0.05) is 13.3 Å². The molecule has 1 aliphatic rings. The maximum atomic E-state index is 12.8. The molecule has 2 unspecified atom stereocenters. The summed E-state index contributed by atoms with van der Waals surface area (Å²) >= 11 is 0. The van der Waals surface area contributed by atoms with E-state index in [1.807, 2.05) is 0 Å². The molecule has 4 heteroatoms. The van der Waals surface area contributed by atoms with Crippen LogP contribution >= 0.6 is 0 Å². The predicted octanol–water partition coefficient (Wildman–Crippen LogP) is 2.14. The maximum Gasteiger partial charge on any atom is 0.251 e. The molecule has 1 aromatic heterocycles. The van der Waals surface area contributed by atoms with E-state index in [1.54, 1.807) is 0 Å². The Hall–Kier alpha value is -1.45. The zero-order valence-electron chi connectivity index (χ0n) is 9.24. The van der Waals surface area contributed by atoms with E-state index in [0.717, 1.165) is 25.3 Å². The van der Waals surface area contributed by atoms with Gasteiger partial charge in [-0.05, 0) is 24.8 Å². The van der Waals surface area contributed by atoms with Crippen molar-refractivity contribution in [3.8, 4) is 0 Å². The highest BCUT2D eigenvalue weighted by molar-refractivity contribution is 5.94. The molecule has 0 aliphatic heterocycles. The van der Waals surface area contributed by atoms with Crippen LogP contribution in [0.4, 0.5) is 4.39 Å². The highest BCUT2D eigenvalue weighted by Gasteiger charge is 2.37. The van der Waals surface area contributed by atoms with Crippen LogP contribution in [0.1, 0.15) is 36.5 Å². The first-order chi connectivity index (χ1) is 7.70. The van der Waals surface area contributed by atoms with Gasteiger partial charge in [0.1, 0.15) is 0 Å². The van der Waals surface area contributed by atoms with E-state index < -0.39 is 5.95 Å². The van der Waals surface area contributed by atoms with Gasteiger partial charge in [0.15, 0.2) is 0 Å². The second-order valence-electron chi connectivity index (χ2n) is 4.23. The average Bonchev–Trinajstić information content (AvgIpc) is 2.97. The van der Waals surface area contributed by atoms with Gasteiger partial charge in [-0.25, -0.2) is 4.98 Å². The van der Waals surface area contributed by atoms with Crippen LogP contribution in [-0.2, 0) is 0 Å². The van der Waals surface area contributed by atoms with E-state index in [0.29, 0.717) is 11.5 Å². The van der Waals surface area contributed by atoms with Crippen molar-refractivity contribution < 1.29 is 9.18 Å². The number of carbonyl (C=O) groups is 1. The molecule has 0 bridgehead atoms. The van der Waals surface area contributed by atoms with Crippen LogP contribution < -0.4 is 5.32 Å². The van der Waals surface area contributed by atoms with Crippen LogP contribution in [0.3, 0.4) is 0 Å². The monoisotopic (exact) mass is 222 g/mol. The molecule has 1 saturated carbocycles. The zero-order chi connectivity index (χ0) is 11.5. The van der Waals surface area contributed by atoms with Crippen LogP contribution in [-0.4, -0.2) is 16.9 Å². The third-order valence-corrected chi connectivity index (χ3v) is 2.89. The molecule has 0 aromatic carbocycles. The lowest BCUT2D eigenvalue weighted by atomic mass is 10.2. The molecule has 16 heavy (non-hydrogen) atoms. The SMILES string of the molecule is CCCC1CC1NC(=O)c1ccnc(F)c1. The summed E-state index contributed by atoms with van der Waals surface area (Å²) in [5.41, 5.74) is 0.342. The molecule has 86 valence electrons. The summed E-state index contributed by atoms with van der Waals surface area (Å²) in [5, 5.41) is 2.90. The highest BCUT2D eigenvalue weighted by Crippen LogP contribution is 2.34. The van der Waals surface area contributed by atoms with Gasteiger partial charge in [-0.3, -0.25) is 4.79 Å². The average molecular weight is 222 g/mol. The summed E-state index contributed by atoms with van der Waals surface area (Å²) in [6.45, 7) is 2.13. The number of nitrogens with one attached hydrogen (secondary N) is 1. The van der Waals surface area contributed by atoms with E-state index in [9.17, 15) is 9.18 Å². The Bertz CT molecular complexity index is 394. The summed E-state index contributed by atoms with van der Waals surface area (Å²) in [5.74, 6) is -0.209. The number of pyridine rings is 1. The van der Waals surface area contributed by atoms with E-state index >= 15 is 0 Å². The van der Waals surface area contributed by atoms with Gasteiger partial charge < -0.3 is 5.32 Å². The normalized spacial score (nSPS) is 22.9. The van der Waals surface area contributed by atoms with Crippen LogP contribution in [0.15, 0.2) is 18.3 Å². The van der Waals surface area contributed by atoms with Gasteiger partial charge in [-0.2, -0.15) is 4.39 Å². The van der Waals surface area contributed by atoms with Gasteiger partial charge in [-0.15, -0.1) is 0 Å². The number of hydrogen-bond acceptors (Lipinski definition) is 2. The lowest BCUT2D eigenvalue weighted by molar-refractivity contribution is 0.0948. The van der Waals surface area contributed by atoms with Crippen molar-refractivity contribution >= 4 is 5.91 Å². The van der Waals surface area contributed by atoms with Gasteiger partial charge in [0.2, 0.25) is 5.95 Å². The molecule has 1 heterocycles. The third-order valence-electron chi connectivity index (χ3n) is 2.89. The number of aromatic nitrogens is 1. The molecule has 1 fully saturated rings. The minimum atomic E-state index is -0.617. The summed E-state index contributed by atoms with van der Waals surface area (Å²) in [7, 11) is 0. The Balaban J connectivity index is 1.90. The van der Waals surface area contributed by atoms with Gasteiger partial charge in [0.05, 0.1) is 0 Å². The molecule has 3 nitrogen and oxygen atoms in total. The number of nitrogens with zero attached hydrogens (tertiary/aromatic N) is 1.